The quantitative estimate of drug-likeness (QED) is 0.151. The van der Waals surface area contributed by atoms with Gasteiger partial charge in [-0.2, -0.15) is 0 Å². The number of hydrogen-bond donors (Lipinski definition) is 0. The van der Waals surface area contributed by atoms with Gasteiger partial charge in [-0.1, -0.05) is 220 Å². The molecule has 0 fully saturated rings. The van der Waals surface area contributed by atoms with Crippen LogP contribution in [0.5, 0.6) is 0 Å². The van der Waals surface area contributed by atoms with Crippen LogP contribution in [0, 0.1) is 0 Å². The monoisotopic (exact) mass is 978 g/mol. The van der Waals surface area contributed by atoms with Crippen molar-refractivity contribution in [2.75, 3.05) is 9.80 Å². The van der Waals surface area contributed by atoms with Crippen LogP contribution < -0.4 is 9.80 Å². The largest absolute Gasteiger partial charge is 0.310 e. The summed E-state index contributed by atoms with van der Waals surface area (Å²) < 4.78 is 0. The predicted octanol–water partition coefficient (Wildman–Crippen LogP) is 18.7. The Morgan fingerprint density at radius 1 is 0.360 bits per heavy atom. The van der Waals surface area contributed by atoms with Crippen molar-refractivity contribution in [3.8, 4) is 33.4 Å². The molecule has 75 heavy (non-hydrogen) atoms. The highest BCUT2D eigenvalue weighted by Gasteiger charge is 2.46. The maximum atomic E-state index is 14.4. The molecule has 11 aromatic rings. The number of rotatable bonds is 8. The first-order valence-electron chi connectivity index (χ1n) is 25.8. The minimum atomic E-state index is -0.694. The summed E-state index contributed by atoms with van der Waals surface area (Å²) in [7, 11) is 0. The standard InChI is InChI=1S/C71H50N2OS/c1-70(2)61-29-17-15-27-57(61)60-45-66-68(46-63(60)70)75-67-42-40-56(72(53-23-11-5-12-24-53)54-25-13-6-14-26-54)44-65(67)73(66)55-38-35-48(36-39-55)47-31-33-49(34-32-47)50-37-41-59-64(43-50)71(51-19-7-3-8-20-51,52-21-9-4-10-22-52)62-30-18-16-28-58(62)69(59)74/h3-46H,1-2H3. The highest BCUT2D eigenvalue weighted by molar-refractivity contribution is 7.99. The maximum Gasteiger partial charge on any atom is 0.193 e. The van der Waals surface area contributed by atoms with Crippen molar-refractivity contribution >= 4 is 51.7 Å². The normalized spacial score (nSPS) is 14.2. The molecular formula is C71H50N2OS. The van der Waals surface area contributed by atoms with Gasteiger partial charge in [0, 0.05) is 49.1 Å². The average molecular weight is 979 g/mol. The summed E-state index contributed by atoms with van der Waals surface area (Å²) in [5, 5.41) is 0. The molecule has 11 aromatic carbocycles. The van der Waals surface area contributed by atoms with Gasteiger partial charge in [-0.05, 0) is 140 Å². The number of carbonyl (C=O) groups excluding carboxylic acids is 1. The van der Waals surface area contributed by atoms with Crippen LogP contribution in [0.1, 0.15) is 63.1 Å². The molecule has 14 rings (SSSR count). The number of para-hydroxylation sites is 2. The first kappa shape index (κ1) is 44.7. The molecule has 1 aliphatic heterocycles. The second-order valence-electron chi connectivity index (χ2n) is 20.4. The Morgan fingerprint density at radius 2 is 0.853 bits per heavy atom. The van der Waals surface area contributed by atoms with E-state index in [-0.39, 0.29) is 11.2 Å². The van der Waals surface area contributed by atoms with E-state index in [0.29, 0.717) is 0 Å². The van der Waals surface area contributed by atoms with Crippen LogP contribution in [-0.4, -0.2) is 5.78 Å². The van der Waals surface area contributed by atoms with Crippen LogP contribution in [0.15, 0.2) is 277 Å². The van der Waals surface area contributed by atoms with Crippen molar-refractivity contribution < 1.29 is 4.79 Å². The van der Waals surface area contributed by atoms with E-state index in [9.17, 15) is 4.79 Å². The SMILES string of the molecule is CC1(C)c2ccccc2-c2cc3c(cc21)Sc1ccc(N(c2ccccc2)c2ccccc2)cc1N3c1ccc(-c2ccc(-c3ccc4c(c3)C(c3ccccc3)(c3ccccc3)c3ccccc3C4=O)cc2)cc1. The number of anilines is 6. The minimum Gasteiger partial charge on any atom is -0.310 e. The smallest absolute Gasteiger partial charge is 0.193 e. The molecule has 3 aliphatic rings. The molecule has 0 bridgehead atoms. The zero-order valence-electron chi connectivity index (χ0n) is 41.6. The van der Waals surface area contributed by atoms with Crippen LogP contribution in [0.4, 0.5) is 34.1 Å². The van der Waals surface area contributed by atoms with Crippen LogP contribution in [0.25, 0.3) is 33.4 Å². The summed E-state index contributed by atoms with van der Waals surface area (Å²) in [4.78, 5) is 21.7. The minimum absolute atomic E-state index is 0.0590. The first-order valence-corrected chi connectivity index (χ1v) is 26.6. The van der Waals surface area contributed by atoms with Crippen LogP contribution in [-0.2, 0) is 10.8 Å². The molecule has 2 aliphatic carbocycles. The lowest BCUT2D eigenvalue weighted by molar-refractivity contribution is 0.103. The lowest BCUT2D eigenvalue weighted by Gasteiger charge is -2.42. The van der Waals surface area contributed by atoms with Gasteiger partial charge in [-0.3, -0.25) is 4.79 Å². The first-order chi connectivity index (χ1) is 36.9. The zero-order chi connectivity index (χ0) is 50.3. The maximum absolute atomic E-state index is 14.4. The predicted molar refractivity (Wildman–Crippen MR) is 310 cm³/mol. The van der Waals surface area contributed by atoms with Gasteiger partial charge in [-0.15, -0.1) is 0 Å². The highest BCUT2D eigenvalue weighted by atomic mass is 32.2. The van der Waals surface area contributed by atoms with E-state index in [4.69, 9.17) is 0 Å². The van der Waals surface area contributed by atoms with Gasteiger partial charge in [0.2, 0.25) is 0 Å². The molecule has 0 aromatic heterocycles. The van der Waals surface area contributed by atoms with Crippen molar-refractivity contribution in [2.24, 2.45) is 0 Å². The van der Waals surface area contributed by atoms with E-state index in [1.807, 2.05) is 30.0 Å². The summed E-state index contributed by atoms with van der Waals surface area (Å²) in [6.07, 6.45) is 0. The Labute approximate surface area is 443 Å². The van der Waals surface area contributed by atoms with Gasteiger partial charge in [-0.25, -0.2) is 0 Å². The van der Waals surface area contributed by atoms with E-state index in [2.05, 4.69) is 272 Å². The Bertz CT molecular complexity index is 3920. The fourth-order valence-corrected chi connectivity index (χ4v) is 13.4. The number of carbonyl (C=O) groups is 1. The Hall–Kier alpha value is -8.96. The van der Waals surface area contributed by atoms with Crippen molar-refractivity contribution in [3.05, 3.63) is 311 Å². The number of hydrogen-bond acceptors (Lipinski definition) is 4. The molecule has 3 nitrogen and oxygen atoms in total. The van der Waals surface area contributed by atoms with Crippen molar-refractivity contribution in [1.29, 1.82) is 0 Å². The van der Waals surface area contributed by atoms with Gasteiger partial charge in [0.05, 0.1) is 16.8 Å². The van der Waals surface area contributed by atoms with E-state index in [0.717, 1.165) is 84.1 Å². The molecular weight excluding hydrogens is 929 g/mol. The van der Waals surface area contributed by atoms with E-state index in [1.165, 1.54) is 37.7 Å². The van der Waals surface area contributed by atoms with E-state index < -0.39 is 5.41 Å². The van der Waals surface area contributed by atoms with Crippen molar-refractivity contribution in [3.63, 3.8) is 0 Å². The van der Waals surface area contributed by atoms with Gasteiger partial charge >= 0.3 is 0 Å². The molecule has 1 heterocycles. The summed E-state index contributed by atoms with van der Waals surface area (Å²) in [5.41, 5.74) is 21.4. The molecule has 0 atom stereocenters. The lowest BCUT2D eigenvalue weighted by Crippen LogP contribution is -2.38. The fourth-order valence-electron chi connectivity index (χ4n) is 12.4. The van der Waals surface area contributed by atoms with Crippen LogP contribution >= 0.6 is 11.8 Å². The molecule has 0 saturated carbocycles. The van der Waals surface area contributed by atoms with Gasteiger partial charge < -0.3 is 9.80 Å². The third-order valence-corrected chi connectivity index (χ3v) is 17.0. The Kier molecular flexibility index (Phi) is 10.5. The van der Waals surface area contributed by atoms with Gasteiger partial charge in [0.25, 0.3) is 0 Å². The Balaban J connectivity index is 0.857. The third kappa shape index (κ3) is 7.08. The van der Waals surface area contributed by atoms with Crippen LogP contribution in [0.2, 0.25) is 0 Å². The average Bonchev–Trinajstić information content (AvgIpc) is 3.78. The number of fused-ring (bicyclic) bond motifs is 7. The van der Waals surface area contributed by atoms with Gasteiger partial charge in [0.1, 0.15) is 0 Å². The van der Waals surface area contributed by atoms with Gasteiger partial charge in [0.15, 0.2) is 5.78 Å². The molecule has 0 unspecified atom stereocenters. The second kappa shape index (κ2) is 17.6. The molecule has 356 valence electrons. The highest BCUT2D eigenvalue weighted by Crippen LogP contribution is 2.59. The molecule has 0 N–H and O–H groups in total. The molecule has 0 radical (unpaired) electrons. The fraction of sp³-hybridized carbons (Fsp3) is 0.0563. The number of ketones is 1. The summed E-state index contributed by atoms with van der Waals surface area (Å²) in [6.45, 7) is 4.72. The molecule has 0 saturated heterocycles. The second-order valence-corrected chi connectivity index (χ2v) is 21.5. The molecule has 4 heteroatoms. The molecule has 0 amide bonds. The van der Waals surface area contributed by atoms with E-state index >= 15 is 0 Å². The lowest BCUT2D eigenvalue weighted by atomic mass is 9.59. The van der Waals surface area contributed by atoms with Crippen molar-refractivity contribution in [1.82, 2.24) is 0 Å². The summed E-state index contributed by atoms with van der Waals surface area (Å²) in [6, 6.07) is 95.9. The number of nitrogens with zero attached hydrogens (tertiary/aromatic N) is 2. The Morgan fingerprint density at radius 3 is 1.48 bits per heavy atom. The zero-order valence-corrected chi connectivity index (χ0v) is 42.4. The number of benzene rings is 11. The summed E-state index contributed by atoms with van der Waals surface area (Å²) in [5.74, 6) is 0.0590. The van der Waals surface area contributed by atoms with Crippen LogP contribution in [0.3, 0.4) is 0 Å². The topological polar surface area (TPSA) is 23.6 Å². The third-order valence-electron chi connectivity index (χ3n) is 15.9. The summed E-state index contributed by atoms with van der Waals surface area (Å²) >= 11 is 1.86. The molecule has 0 spiro atoms. The van der Waals surface area contributed by atoms with Crippen molar-refractivity contribution in [2.45, 2.75) is 34.5 Å². The van der Waals surface area contributed by atoms with E-state index in [1.54, 1.807) is 0 Å².